The Kier molecular flexibility index (Phi) is 6.74. The van der Waals surface area contributed by atoms with Crippen LogP contribution in [0.4, 0.5) is 0 Å². The third-order valence-corrected chi connectivity index (χ3v) is 6.42. The Bertz CT molecular complexity index is 844. The number of amides is 2. The maximum absolute atomic E-state index is 13.5. The summed E-state index contributed by atoms with van der Waals surface area (Å²) < 4.78 is 9.65. The van der Waals surface area contributed by atoms with E-state index in [1.54, 1.807) is 10.3 Å². The van der Waals surface area contributed by atoms with Crippen molar-refractivity contribution in [3.63, 3.8) is 0 Å². The van der Waals surface area contributed by atoms with Crippen molar-refractivity contribution in [1.82, 2.24) is 19.8 Å². The average Bonchev–Trinajstić information content (AvgIpc) is 3.52. The van der Waals surface area contributed by atoms with Gasteiger partial charge in [0.15, 0.2) is 5.69 Å². The average molecular weight is 429 g/mol. The zero-order chi connectivity index (χ0) is 20.9. The summed E-state index contributed by atoms with van der Waals surface area (Å²) in [6, 6.07) is 7.26. The minimum Gasteiger partial charge on any atom is -0.376 e. The second kappa shape index (κ2) is 9.66. The number of nitrogens with one attached hydrogen (secondary N) is 1. The summed E-state index contributed by atoms with van der Waals surface area (Å²) in [6.07, 6.45) is 6.00. The highest BCUT2D eigenvalue weighted by Gasteiger charge is 2.36. The Morgan fingerprint density at radius 2 is 1.97 bits per heavy atom. The van der Waals surface area contributed by atoms with Crippen molar-refractivity contribution in [1.29, 1.82) is 0 Å². The first kappa shape index (κ1) is 20.9. The fourth-order valence-corrected chi connectivity index (χ4v) is 4.72. The lowest BCUT2D eigenvalue weighted by atomic mass is 10.0. The maximum atomic E-state index is 13.5. The van der Waals surface area contributed by atoms with Gasteiger partial charge in [0, 0.05) is 24.6 Å². The number of aromatic nitrogens is 2. The van der Waals surface area contributed by atoms with Crippen molar-refractivity contribution < 1.29 is 14.3 Å². The van der Waals surface area contributed by atoms with Crippen LogP contribution in [0, 0.1) is 6.92 Å². The number of carbonyl (C=O) groups is 2. The first-order valence-corrected chi connectivity index (χ1v) is 11.5. The molecule has 2 aromatic rings. The van der Waals surface area contributed by atoms with Crippen LogP contribution in [-0.4, -0.2) is 51.6 Å². The molecule has 160 valence electrons. The Morgan fingerprint density at radius 1 is 1.20 bits per heavy atom. The molecule has 1 N–H and O–H groups in total. The first-order valence-electron chi connectivity index (χ1n) is 10.7. The van der Waals surface area contributed by atoms with Crippen molar-refractivity contribution in [2.45, 2.75) is 63.6 Å². The number of nitrogens with zero attached hydrogens (tertiary/aromatic N) is 3. The van der Waals surface area contributed by atoms with Gasteiger partial charge in [0.25, 0.3) is 5.91 Å². The predicted octanol–water partition coefficient (Wildman–Crippen LogP) is 3.27. The van der Waals surface area contributed by atoms with Gasteiger partial charge < -0.3 is 15.0 Å². The molecular formula is C22H28N4O3S. The number of ether oxygens (including phenoxy) is 1. The van der Waals surface area contributed by atoms with E-state index in [1.165, 1.54) is 0 Å². The molecule has 30 heavy (non-hydrogen) atoms. The molecule has 0 spiro atoms. The van der Waals surface area contributed by atoms with E-state index in [0.29, 0.717) is 13.2 Å². The molecule has 2 aliphatic rings. The van der Waals surface area contributed by atoms with E-state index in [0.717, 1.165) is 61.2 Å². The van der Waals surface area contributed by atoms with E-state index >= 15 is 0 Å². The monoisotopic (exact) mass is 428 g/mol. The number of benzene rings is 1. The maximum Gasteiger partial charge on any atom is 0.276 e. The summed E-state index contributed by atoms with van der Waals surface area (Å²) in [5.41, 5.74) is 2.17. The van der Waals surface area contributed by atoms with Crippen LogP contribution in [0.2, 0.25) is 0 Å². The van der Waals surface area contributed by atoms with Crippen LogP contribution in [0.25, 0.3) is 0 Å². The van der Waals surface area contributed by atoms with Gasteiger partial charge in [0.05, 0.1) is 6.10 Å². The summed E-state index contributed by atoms with van der Waals surface area (Å²) in [7, 11) is 0. The standard InChI is InChI=1S/C22H28N4O3S/c1-15-8-10-16(11-9-15)20(21(27)23-17-5-2-3-6-17)26(13-18-7-4-12-29-18)22(28)19-14-30-25-24-19/h8-11,14,17-18,20H,2-7,12-13H2,1H3,(H,23,27)/t18-,20+/m1/s1. The summed E-state index contributed by atoms with van der Waals surface area (Å²) in [5.74, 6) is -0.424. The SMILES string of the molecule is Cc1ccc([C@@H](C(=O)NC2CCCC2)N(C[C@H]2CCCO2)C(=O)c2csnn2)cc1. The van der Waals surface area contributed by atoms with Gasteiger partial charge >= 0.3 is 0 Å². The van der Waals surface area contributed by atoms with Crippen LogP contribution in [0.3, 0.4) is 0 Å². The van der Waals surface area contributed by atoms with E-state index in [4.69, 9.17) is 4.74 Å². The zero-order valence-electron chi connectivity index (χ0n) is 17.3. The van der Waals surface area contributed by atoms with Gasteiger partial charge in [0.2, 0.25) is 5.91 Å². The molecule has 4 rings (SSSR count). The minimum absolute atomic E-state index is 0.0761. The van der Waals surface area contributed by atoms with E-state index < -0.39 is 6.04 Å². The van der Waals surface area contributed by atoms with Crippen molar-refractivity contribution in [2.24, 2.45) is 0 Å². The van der Waals surface area contributed by atoms with Gasteiger partial charge in [-0.25, -0.2) is 0 Å². The van der Waals surface area contributed by atoms with Crippen molar-refractivity contribution in [3.8, 4) is 0 Å². The Balaban J connectivity index is 1.67. The highest BCUT2D eigenvalue weighted by Crippen LogP contribution is 2.28. The molecule has 2 atom stereocenters. The van der Waals surface area contributed by atoms with Crippen LogP contribution in [0.5, 0.6) is 0 Å². The highest BCUT2D eigenvalue weighted by molar-refractivity contribution is 7.03. The molecular weight excluding hydrogens is 400 g/mol. The number of rotatable bonds is 7. The fraction of sp³-hybridized carbons (Fsp3) is 0.545. The molecule has 0 unspecified atom stereocenters. The van der Waals surface area contributed by atoms with Gasteiger partial charge in [-0.2, -0.15) is 0 Å². The van der Waals surface area contributed by atoms with Crippen LogP contribution in [0.1, 0.15) is 66.2 Å². The molecule has 1 aliphatic heterocycles. The van der Waals surface area contributed by atoms with E-state index in [2.05, 4.69) is 14.9 Å². The molecule has 1 aromatic heterocycles. The number of aryl methyl sites for hydroxylation is 1. The largest absolute Gasteiger partial charge is 0.376 e. The fourth-order valence-electron chi connectivity index (χ4n) is 4.29. The third-order valence-electron chi connectivity index (χ3n) is 5.92. The predicted molar refractivity (Wildman–Crippen MR) is 114 cm³/mol. The summed E-state index contributed by atoms with van der Waals surface area (Å²) in [6.45, 7) is 3.05. The van der Waals surface area contributed by atoms with Crippen molar-refractivity contribution >= 4 is 23.3 Å². The van der Waals surface area contributed by atoms with E-state index in [-0.39, 0.29) is 29.7 Å². The lowest BCUT2D eigenvalue weighted by molar-refractivity contribution is -0.127. The number of hydrogen-bond donors (Lipinski definition) is 1. The molecule has 1 saturated carbocycles. The Morgan fingerprint density at radius 3 is 2.60 bits per heavy atom. The molecule has 2 heterocycles. The molecule has 0 bridgehead atoms. The van der Waals surface area contributed by atoms with Crippen molar-refractivity contribution in [3.05, 3.63) is 46.5 Å². The molecule has 1 saturated heterocycles. The second-order valence-electron chi connectivity index (χ2n) is 8.19. The summed E-state index contributed by atoms with van der Waals surface area (Å²) >= 11 is 1.13. The highest BCUT2D eigenvalue weighted by atomic mass is 32.1. The number of carbonyl (C=O) groups excluding carboxylic acids is 2. The molecule has 0 radical (unpaired) electrons. The molecule has 1 aromatic carbocycles. The first-order chi connectivity index (χ1) is 14.6. The van der Waals surface area contributed by atoms with Gasteiger partial charge in [-0.15, -0.1) is 5.10 Å². The Hall–Kier alpha value is -2.32. The molecule has 2 amide bonds. The smallest absolute Gasteiger partial charge is 0.276 e. The molecule has 2 fully saturated rings. The van der Waals surface area contributed by atoms with E-state index in [1.807, 2.05) is 31.2 Å². The molecule has 8 heteroatoms. The van der Waals surface area contributed by atoms with Gasteiger partial charge in [0.1, 0.15) is 6.04 Å². The number of hydrogen-bond acceptors (Lipinski definition) is 6. The van der Waals surface area contributed by atoms with Gasteiger partial charge in [-0.1, -0.05) is 47.2 Å². The second-order valence-corrected chi connectivity index (χ2v) is 8.80. The normalized spacial score (nSPS) is 20.2. The van der Waals surface area contributed by atoms with Gasteiger partial charge in [-0.05, 0) is 49.7 Å². The topological polar surface area (TPSA) is 84.4 Å². The van der Waals surface area contributed by atoms with Crippen LogP contribution < -0.4 is 5.32 Å². The summed E-state index contributed by atoms with van der Waals surface area (Å²) in [4.78, 5) is 28.5. The van der Waals surface area contributed by atoms with Gasteiger partial charge in [-0.3, -0.25) is 9.59 Å². The quantitative estimate of drug-likeness (QED) is 0.732. The minimum atomic E-state index is -0.732. The van der Waals surface area contributed by atoms with Crippen LogP contribution in [-0.2, 0) is 9.53 Å². The summed E-state index contributed by atoms with van der Waals surface area (Å²) in [5, 5.41) is 8.79. The van der Waals surface area contributed by atoms with Crippen molar-refractivity contribution in [2.75, 3.05) is 13.2 Å². The van der Waals surface area contributed by atoms with Crippen LogP contribution >= 0.6 is 11.5 Å². The lowest BCUT2D eigenvalue weighted by Crippen LogP contribution is -2.48. The molecule has 1 aliphatic carbocycles. The third kappa shape index (κ3) is 4.87. The molecule has 7 nitrogen and oxygen atoms in total. The van der Waals surface area contributed by atoms with E-state index in [9.17, 15) is 9.59 Å². The van der Waals surface area contributed by atoms with Crippen LogP contribution in [0.15, 0.2) is 29.6 Å². The lowest BCUT2D eigenvalue weighted by Gasteiger charge is -2.33. The zero-order valence-corrected chi connectivity index (χ0v) is 18.1. The Labute approximate surface area is 181 Å².